The summed E-state index contributed by atoms with van der Waals surface area (Å²) >= 11 is 2.43. The number of rotatable bonds is 9. The van der Waals surface area contributed by atoms with Crippen LogP contribution in [0.25, 0.3) is 5.57 Å². The van der Waals surface area contributed by atoms with Gasteiger partial charge in [0.05, 0.1) is 29.4 Å². The number of nitrogens with two attached hydrogens (primary N) is 1. The minimum atomic E-state index is -1.44. The molecule has 0 unspecified atom stereocenters. The number of thioether (sulfide) groups is 1. The average Bonchev–Trinajstić information content (AvgIpc) is 3.26. The fourth-order valence-corrected chi connectivity index (χ4v) is 5.80. The molecule has 0 radical (unpaired) electrons. The lowest BCUT2D eigenvalue weighted by molar-refractivity contribution is -0.696. The molecular weight excluding hydrogens is 494 g/mol. The number of carboxylic acids is 2. The van der Waals surface area contributed by atoms with Gasteiger partial charge in [0.2, 0.25) is 0 Å². The number of aromatic nitrogens is 2. The molecule has 2 amide bonds. The first-order chi connectivity index (χ1) is 16.8. The van der Waals surface area contributed by atoms with Gasteiger partial charge in [-0.25, -0.2) is 9.55 Å². The van der Waals surface area contributed by atoms with Gasteiger partial charge in [0.15, 0.2) is 24.1 Å². The molecule has 4 N–H and O–H groups in total. The van der Waals surface area contributed by atoms with E-state index in [4.69, 9.17) is 10.8 Å². The molecule has 2 aromatic rings. The Morgan fingerprint density at radius 1 is 1.31 bits per heavy atom. The smallest absolute Gasteiger partial charge is 0.307 e. The van der Waals surface area contributed by atoms with Crippen molar-refractivity contribution < 1.29 is 34.0 Å². The van der Waals surface area contributed by atoms with Crippen LogP contribution in [0.4, 0.5) is 5.13 Å². The molecule has 4 rings (SSSR count). The van der Waals surface area contributed by atoms with Crippen LogP contribution in [0.2, 0.25) is 0 Å². The molecule has 1 fully saturated rings. The molecule has 2 atom stereocenters. The maximum Gasteiger partial charge on any atom is 0.307 e. The first kappa shape index (κ1) is 24.4. The highest BCUT2D eigenvalue weighted by Gasteiger charge is 2.53. The zero-order valence-corrected chi connectivity index (χ0v) is 19.9. The Morgan fingerprint density at radius 3 is 2.69 bits per heavy atom. The molecule has 0 aromatic carbocycles. The number of amides is 2. The van der Waals surface area contributed by atoms with E-state index in [2.05, 4.69) is 10.3 Å². The largest absolute Gasteiger partial charge is 0.543 e. The number of β-lactam (4-membered cyclic amide) rings is 1. The van der Waals surface area contributed by atoms with Crippen molar-refractivity contribution in [2.75, 3.05) is 11.5 Å². The molecule has 0 saturated carbocycles. The summed E-state index contributed by atoms with van der Waals surface area (Å²) in [6, 6.07) is 4.63. The van der Waals surface area contributed by atoms with Crippen molar-refractivity contribution in [3.05, 3.63) is 59.0 Å². The van der Waals surface area contributed by atoms with E-state index in [0.29, 0.717) is 24.3 Å². The number of pyridine rings is 1. The van der Waals surface area contributed by atoms with Crippen LogP contribution in [0.5, 0.6) is 0 Å². The Labute approximate surface area is 208 Å². The van der Waals surface area contributed by atoms with Gasteiger partial charge in [-0.05, 0) is 5.57 Å². The Bertz CT molecular complexity index is 1240. The Hall–Kier alpha value is -3.71. The Balaban J connectivity index is 1.50. The lowest BCUT2D eigenvalue weighted by Gasteiger charge is -2.50. The average molecular weight is 516 g/mol. The zero-order valence-electron chi connectivity index (χ0n) is 18.2. The maximum absolute atomic E-state index is 13.0. The van der Waals surface area contributed by atoms with Gasteiger partial charge in [0, 0.05) is 29.7 Å². The molecule has 13 heteroatoms. The predicted molar refractivity (Wildman–Crippen MR) is 125 cm³/mol. The van der Waals surface area contributed by atoms with Gasteiger partial charge in [0.1, 0.15) is 11.4 Å². The summed E-state index contributed by atoms with van der Waals surface area (Å²) in [5.41, 5.74) is 6.24. The summed E-state index contributed by atoms with van der Waals surface area (Å²) in [4.78, 5) is 54.0. The van der Waals surface area contributed by atoms with Crippen LogP contribution in [0.15, 0.2) is 53.3 Å². The van der Waals surface area contributed by atoms with Crippen LogP contribution in [0, 0.1) is 0 Å². The number of carbonyl (C=O) groups excluding carboxylic acids is 3. The Kier molecular flexibility index (Phi) is 7.17. The van der Waals surface area contributed by atoms with Crippen molar-refractivity contribution in [2.24, 2.45) is 0 Å². The molecule has 0 aliphatic carbocycles. The van der Waals surface area contributed by atoms with E-state index in [-0.39, 0.29) is 22.1 Å². The third-order valence-electron chi connectivity index (χ3n) is 5.50. The molecule has 0 bridgehead atoms. The van der Waals surface area contributed by atoms with Crippen molar-refractivity contribution in [2.45, 2.75) is 30.8 Å². The van der Waals surface area contributed by atoms with Gasteiger partial charge < -0.3 is 26.1 Å². The minimum absolute atomic E-state index is 0.0244. The van der Waals surface area contributed by atoms with Crippen molar-refractivity contribution in [1.29, 1.82) is 0 Å². The lowest BCUT2D eigenvalue weighted by atomic mass is 10.0. The third-order valence-corrected chi connectivity index (χ3v) is 7.51. The second kappa shape index (κ2) is 10.3. The van der Waals surface area contributed by atoms with Crippen LogP contribution in [0.1, 0.15) is 18.5 Å². The number of carbonyl (C=O) groups is 4. The number of aryl methyl sites for hydroxylation is 1. The number of fused-ring (bicyclic) bond motifs is 1. The highest BCUT2D eigenvalue weighted by atomic mass is 32.2. The summed E-state index contributed by atoms with van der Waals surface area (Å²) in [6.45, 7) is 0.537. The SMILES string of the molecule is Nc1nc(C(=CCC(=O)O)C(=O)N[C@@H]2C(=O)N3C(C(=O)[O-])=C(CC[n+]4ccccc4)CS[C@@H]23)cs1. The predicted octanol–water partition coefficient (Wildman–Crippen LogP) is -0.635. The van der Waals surface area contributed by atoms with E-state index in [1.54, 1.807) is 0 Å². The Morgan fingerprint density at radius 2 is 2.06 bits per heavy atom. The topological polar surface area (TPSA) is 170 Å². The monoisotopic (exact) mass is 515 g/mol. The molecule has 2 aliphatic heterocycles. The number of carboxylic acid groups (broad SMARTS) is 2. The van der Waals surface area contributed by atoms with Crippen molar-refractivity contribution in [1.82, 2.24) is 15.2 Å². The van der Waals surface area contributed by atoms with Gasteiger partial charge in [-0.2, -0.15) is 0 Å². The van der Waals surface area contributed by atoms with Crippen molar-refractivity contribution >= 4 is 57.6 Å². The van der Waals surface area contributed by atoms with Gasteiger partial charge in [-0.3, -0.25) is 19.3 Å². The standard InChI is InChI=1S/C22H21N5O6S2/c23-22-24-14(11-35-22)13(4-5-15(28)29)18(30)25-16-19(31)27-17(21(32)33)12(10-34-20(16)27)6-9-26-7-2-1-3-8-26/h1-4,7-8,11,16,20H,5-6,9-10H2,(H4-,23,24,25,28,29,30,32,33)/t16-,20+/m1/s1. The number of nitrogen functional groups attached to an aromatic ring is 1. The maximum atomic E-state index is 13.0. The molecular formula is C22H21N5O6S2. The number of aliphatic carboxylic acids is 2. The lowest BCUT2D eigenvalue weighted by Crippen LogP contribution is -2.71. The number of hydrogen-bond acceptors (Lipinski definition) is 9. The first-order valence-corrected chi connectivity index (χ1v) is 12.5. The van der Waals surface area contributed by atoms with E-state index in [1.807, 2.05) is 35.2 Å². The summed E-state index contributed by atoms with van der Waals surface area (Å²) < 4.78 is 1.91. The number of nitrogens with zero attached hydrogens (tertiary/aromatic N) is 3. The second-order valence-corrected chi connectivity index (χ2v) is 9.75. The van der Waals surface area contributed by atoms with Crippen LogP contribution >= 0.6 is 23.1 Å². The van der Waals surface area contributed by atoms with E-state index in [1.165, 1.54) is 23.2 Å². The molecule has 0 spiro atoms. The molecule has 11 nitrogen and oxygen atoms in total. The van der Waals surface area contributed by atoms with Gasteiger partial charge in [-0.15, -0.1) is 23.1 Å². The quantitative estimate of drug-likeness (QED) is 0.223. The molecule has 35 heavy (non-hydrogen) atoms. The van der Waals surface area contributed by atoms with Gasteiger partial charge in [0.25, 0.3) is 11.8 Å². The number of nitrogens with one attached hydrogen (secondary N) is 1. The first-order valence-electron chi connectivity index (χ1n) is 10.5. The fourth-order valence-electron chi connectivity index (χ4n) is 3.84. The third kappa shape index (κ3) is 5.20. The summed E-state index contributed by atoms with van der Waals surface area (Å²) in [5, 5.41) is 24.6. The van der Waals surface area contributed by atoms with E-state index in [0.717, 1.165) is 16.2 Å². The molecule has 2 aromatic heterocycles. The van der Waals surface area contributed by atoms with Crippen molar-refractivity contribution in [3.63, 3.8) is 0 Å². The van der Waals surface area contributed by atoms with E-state index < -0.39 is 41.6 Å². The van der Waals surface area contributed by atoms with Gasteiger partial charge >= 0.3 is 5.97 Å². The summed E-state index contributed by atoms with van der Waals surface area (Å²) in [6.07, 6.45) is 4.93. The van der Waals surface area contributed by atoms with Crippen LogP contribution in [0.3, 0.4) is 0 Å². The highest BCUT2D eigenvalue weighted by molar-refractivity contribution is 8.00. The molecule has 4 heterocycles. The second-order valence-electron chi connectivity index (χ2n) is 7.75. The van der Waals surface area contributed by atoms with Crippen LogP contribution < -0.4 is 20.7 Å². The number of anilines is 1. The van der Waals surface area contributed by atoms with E-state index in [9.17, 15) is 24.3 Å². The van der Waals surface area contributed by atoms with Crippen LogP contribution in [-0.2, 0) is 25.7 Å². The normalized spacial score (nSPS) is 19.7. The fraction of sp³-hybridized carbons (Fsp3) is 0.273. The van der Waals surface area contributed by atoms with E-state index >= 15 is 0 Å². The highest BCUT2D eigenvalue weighted by Crippen LogP contribution is 2.41. The summed E-state index contributed by atoms with van der Waals surface area (Å²) in [7, 11) is 0. The minimum Gasteiger partial charge on any atom is -0.543 e. The molecule has 1 saturated heterocycles. The van der Waals surface area contributed by atoms with Crippen molar-refractivity contribution in [3.8, 4) is 0 Å². The number of thiazole rings is 1. The zero-order chi connectivity index (χ0) is 25.1. The molecule has 2 aliphatic rings. The van der Waals surface area contributed by atoms with Crippen LogP contribution in [-0.4, -0.2) is 55.9 Å². The summed E-state index contributed by atoms with van der Waals surface area (Å²) in [5.74, 6) is -3.49. The number of hydrogen-bond donors (Lipinski definition) is 3. The van der Waals surface area contributed by atoms with Gasteiger partial charge in [-0.1, -0.05) is 12.1 Å². The molecule has 182 valence electrons.